The molecule has 0 aliphatic carbocycles. The predicted octanol–water partition coefficient (Wildman–Crippen LogP) is 7.71. The standard InChI is InChI=1S/C35H36Cl3N3O4S/c1-4-25(3)39-35(43)33(20-26-9-6-5-7-10-26)40(22-27-15-18-31(37)32(38)19-27)34(42)23-41(29-12-8-11-28(36)21-29)46(44,45)30-16-13-24(2)14-17-30/h5-19,21,25,33H,4,20,22-23H2,1-3H3,(H,39,43)/t25-,33-/m1/s1. The zero-order valence-electron chi connectivity index (χ0n) is 25.8. The number of hydrogen-bond donors (Lipinski definition) is 1. The van der Waals surface area contributed by atoms with Crippen molar-refractivity contribution in [1.82, 2.24) is 10.2 Å². The van der Waals surface area contributed by atoms with E-state index < -0.39 is 28.5 Å². The van der Waals surface area contributed by atoms with Gasteiger partial charge < -0.3 is 10.2 Å². The van der Waals surface area contributed by atoms with Crippen molar-refractivity contribution in [3.63, 3.8) is 0 Å². The quantitative estimate of drug-likeness (QED) is 0.155. The lowest BCUT2D eigenvalue weighted by atomic mass is 10.0. The third-order valence-corrected chi connectivity index (χ3v) is 10.4. The minimum Gasteiger partial charge on any atom is -0.352 e. The summed E-state index contributed by atoms with van der Waals surface area (Å²) in [5.41, 5.74) is 2.54. The number of halogens is 3. The van der Waals surface area contributed by atoms with Crippen LogP contribution in [0.25, 0.3) is 0 Å². The molecular formula is C35H36Cl3N3O4S. The molecule has 0 heterocycles. The molecule has 0 saturated carbocycles. The van der Waals surface area contributed by atoms with E-state index in [1.807, 2.05) is 51.1 Å². The number of amides is 2. The van der Waals surface area contributed by atoms with Crippen LogP contribution in [0.2, 0.25) is 15.1 Å². The van der Waals surface area contributed by atoms with Gasteiger partial charge in [0.15, 0.2) is 0 Å². The Morgan fingerprint density at radius 3 is 2.15 bits per heavy atom. The molecule has 0 saturated heterocycles. The molecule has 0 radical (unpaired) electrons. The number of anilines is 1. The first-order chi connectivity index (χ1) is 21.9. The molecule has 0 aliphatic rings. The summed E-state index contributed by atoms with van der Waals surface area (Å²) in [7, 11) is -4.24. The second-order valence-corrected chi connectivity index (χ2v) is 14.2. The van der Waals surface area contributed by atoms with Crippen LogP contribution in [-0.4, -0.2) is 43.8 Å². The van der Waals surface area contributed by atoms with E-state index in [9.17, 15) is 18.0 Å². The lowest BCUT2D eigenvalue weighted by molar-refractivity contribution is -0.140. The molecule has 0 bridgehead atoms. The van der Waals surface area contributed by atoms with E-state index in [1.165, 1.54) is 23.1 Å². The number of rotatable bonds is 13. The van der Waals surface area contributed by atoms with Gasteiger partial charge in [-0.25, -0.2) is 8.42 Å². The summed E-state index contributed by atoms with van der Waals surface area (Å²) in [4.78, 5) is 29.9. The number of hydrogen-bond acceptors (Lipinski definition) is 4. The Kier molecular flexibility index (Phi) is 12.1. The maximum Gasteiger partial charge on any atom is 0.264 e. The molecule has 1 N–H and O–H groups in total. The monoisotopic (exact) mass is 699 g/mol. The molecule has 11 heteroatoms. The number of nitrogens with zero attached hydrogens (tertiary/aromatic N) is 2. The van der Waals surface area contributed by atoms with Gasteiger partial charge in [0.05, 0.1) is 20.6 Å². The molecule has 0 aliphatic heterocycles. The minimum absolute atomic E-state index is 0.0113. The van der Waals surface area contributed by atoms with Gasteiger partial charge >= 0.3 is 0 Å². The van der Waals surface area contributed by atoms with E-state index in [0.717, 1.165) is 15.4 Å². The van der Waals surface area contributed by atoms with E-state index in [1.54, 1.807) is 48.5 Å². The molecule has 7 nitrogen and oxygen atoms in total. The zero-order chi connectivity index (χ0) is 33.4. The Morgan fingerprint density at radius 1 is 0.826 bits per heavy atom. The maximum atomic E-state index is 14.5. The van der Waals surface area contributed by atoms with Gasteiger partial charge in [-0.05, 0) is 73.9 Å². The highest BCUT2D eigenvalue weighted by Crippen LogP contribution is 2.28. The third kappa shape index (κ3) is 9.04. The van der Waals surface area contributed by atoms with Gasteiger partial charge in [0.1, 0.15) is 12.6 Å². The fourth-order valence-corrected chi connectivity index (χ4v) is 6.74. The lowest BCUT2D eigenvalue weighted by Crippen LogP contribution is -2.54. The molecule has 0 spiro atoms. The average molecular weight is 701 g/mol. The van der Waals surface area contributed by atoms with Crippen molar-refractivity contribution in [2.24, 2.45) is 0 Å². The molecule has 2 atom stereocenters. The van der Waals surface area contributed by atoms with Gasteiger partial charge in [0.25, 0.3) is 10.0 Å². The van der Waals surface area contributed by atoms with Crippen LogP contribution < -0.4 is 9.62 Å². The topological polar surface area (TPSA) is 86.8 Å². The van der Waals surface area contributed by atoms with Crippen LogP contribution in [0.3, 0.4) is 0 Å². The lowest BCUT2D eigenvalue weighted by Gasteiger charge is -2.34. The van der Waals surface area contributed by atoms with Crippen LogP contribution >= 0.6 is 34.8 Å². The van der Waals surface area contributed by atoms with E-state index in [-0.39, 0.29) is 40.5 Å². The number of benzene rings is 4. The van der Waals surface area contributed by atoms with Gasteiger partial charge in [0.2, 0.25) is 11.8 Å². The van der Waals surface area contributed by atoms with Gasteiger partial charge in [-0.15, -0.1) is 0 Å². The molecule has 4 aromatic carbocycles. The second-order valence-electron chi connectivity index (χ2n) is 11.1. The fraction of sp³-hybridized carbons (Fsp3) is 0.257. The second kappa shape index (κ2) is 15.8. The van der Waals surface area contributed by atoms with Crippen molar-refractivity contribution >= 4 is 62.3 Å². The molecule has 4 aromatic rings. The Hall–Kier alpha value is -3.56. The number of carbonyl (C=O) groups is 2. The summed E-state index contributed by atoms with van der Waals surface area (Å²) in [6, 6.07) is 25.9. The smallest absolute Gasteiger partial charge is 0.264 e. The van der Waals surface area contributed by atoms with Crippen molar-refractivity contribution in [2.45, 2.75) is 57.1 Å². The predicted molar refractivity (Wildman–Crippen MR) is 186 cm³/mol. The highest BCUT2D eigenvalue weighted by Gasteiger charge is 2.35. The number of aryl methyl sites for hydroxylation is 1. The first-order valence-electron chi connectivity index (χ1n) is 14.8. The van der Waals surface area contributed by atoms with Gasteiger partial charge in [-0.1, -0.05) is 102 Å². The molecular weight excluding hydrogens is 665 g/mol. The van der Waals surface area contributed by atoms with Crippen LogP contribution in [0, 0.1) is 6.92 Å². The van der Waals surface area contributed by atoms with Gasteiger partial charge in [0, 0.05) is 24.0 Å². The van der Waals surface area contributed by atoms with Crippen molar-refractivity contribution < 1.29 is 18.0 Å². The normalized spacial score (nSPS) is 12.7. The fourth-order valence-electron chi connectivity index (χ4n) is 4.83. The third-order valence-electron chi connectivity index (χ3n) is 7.59. The van der Waals surface area contributed by atoms with Crippen LogP contribution in [0.4, 0.5) is 5.69 Å². The SMILES string of the molecule is CC[C@@H](C)NC(=O)[C@@H](Cc1ccccc1)N(Cc1ccc(Cl)c(Cl)c1)C(=O)CN(c1cccc(Cl)c1)S(=O)(=O)c1ccc(C)cc1. The van der Waals surface area contributed by atoms with Crippen LogP contribution in [0.5, 0.6) is 0 Å². The molecule has 46 heavy (non-hydrogen) atoms. The largest absolute Gasteiger partial charge is 0.352 e. The van der Waals surface area contributed by atoms with Crippen molar-refractivity contribution in [1.29, 1.82) is 0 Å². The zero-order valence-corrected chi connectivity index (χ0v) is 28.9. The summed E-state index contributed by atoms with van der Waals surface area (Å²) >= 11 is 18.8. The summed E-state index contributed by atoms with van der Waals surface area (Å²) in [6.45, 7) is 5.06. The first kappa shape index (κ1) is 35.3. The van der Waals surface area contributed by atoms with Gasteiger partial charge in [-0.2, -0.15) is 0 Å². The number of sulfonamides is 1. The molecule has 0 aromatic heterocycles. The number of carbonyl (C=O) groups excluding carboxylic acids is 2. The van der Waals surface area contributed by atoms with Crippen LogP contribution in [0.15, 0.2) is 102 Å². The van der Waals surface area contributed by atoms with Crippen LogP contribution in [-0.2, 0) is 32.6 Å². The summed E-state index contributed by atoms with van der Waals surface area (Å²) in [5.74, 6) is -0.954. The summed E-state index contributed by atoms with van der Waals surface area (Å²) in [6.07, 6.45) is 0.875. The molecule has 242 valence electrons. The summed E-state index contributed by atoms with van der Waals surface area (Å²) in [5, 5.41) is 3.95. The summed E-state index contributed by atoms with van der Waals surface area (Å²) < 4.78 is 29.3. The van der Waals surface area contributed by atoms with E-state index >= 15 is 0 Å². The average Bonchev–Trinajstić information content (AvgIpc) is 3.03. The maximum absolute atomic E-state index is 14.5. The van der Waals surface area contributed by atoms with E-state index in [4.69, 9.17) is 34.8 Å². The minimum atomic E-state index is -4.24. The van der Waals surface area contributed by atoms with Crippen LogP contribution in [0.1, 0.15) is 37.0 Å². The molecule has 2 amide bonds. The van der Waals surface area contributed by atoms with Crippen molar-refractivity contribution in [2.75, 3.05) is 10.8 Å². The Labute approximate surface area is 286 Å². The molecule has 0 fully saturated rings. The molecule has 0 unspecified atom stereocenters. The number of nitrogens with one attached hydrogen (secondary N) is 1. The van der Waals surface area contributed by atoms with E-state index in [2.05, 4.69) is 5.32 Å². The highest BCUT2D eigenvalue weighted by molar-refractivity contribution is 7.92. The van der Waals surface area contributed by atoms with Gasteiger partial charge in [-0.3, -0.25) is 13.9 Å². The first-order valence-corrected chi connectivity index (χ1v) is 17.4. The molecule has 4 rings (SSSR count). The Morgan fingerprint density at radius 2 is 1.52 bits per heavy atom. The van der Waals surface area contributed by atoms with Crippen molar-refractivity contribution in [3.05, 3.63) is 129 Å². The Bertz CT molecular complexity index is 1770. The van der Waals surface area contributed by atoms with Crippen molar-refractivity contribution in [3.8, 4) is 0 Å². The Balaban J connectivity index is 1.82. The van der Waals surface area contributed by atoms with E-state index in [0.29, 0.717) is 22.0 Å². The highest BCUT2D eigenvalue weighted by atomic mass is 35.5.